The predicted molar refractivity (Wildman–Crippen MR) is 111 cm³/mol. The summed E-state index contributed by atoms with van der Waals surface area (Å²) in [5.41, 5.74) is 4.46. The van der Waals surface area contributed by atoms with E-state index in [0.717, 1.165) is 35.1 Å². The number of hydrogen-bond acceptors (Lipinski definition) is 4. The fraction of sp³-hybridized carbons (Fsp3) is 0.333. The molecule has 2 aliphatic heterocycles. The van der Waals surface area contributed by atoms with E-state index in [1.54, 1.807) is 17.8 Å². The Hall–Kier alpha value is -2.47. The lowest BCUT2D eigenvalue weighted by Crippen LogP contribution is -2.19. The van der Waals surface area contributed by atoms with Gasteiger partial charge in [-0.1, -0.05) is 0 Å². The van der Waals surface area contributed by atoms with E-state index in [1.807, 2.05) is 24.3 Å². The van der Waals surface area contributed by atoms with Crippen molar-refractivity contribution in [1.29, 1.82) is 0 Å². The van der Waals surface area contributed by atoms with Gasteiger partial charge in [0.25, 0.3) is 5.91 Å². The summed E-state index contributed by atoms with van der Waals surface area (Å²) in [5.74, 6) is 0.578. The van der Waals surface area contributed by atoms with Crippen LogP contribution < -0.4 is 15.5 Å². The third kappa shape index (κ3) is 3.95. The van der Waals surface area contributed by atoms with Crippen molar-refractivity contribution >= 4 is 40.6 Å². The molecule has 1 saturated heterocycles. The van der Waals surface area contributed by atoms with Gasteiger partial charge in [-0.3, -0.25) is 9.59 Å². The normalized spacial score (nSPS) is 16.5. The van der Waals surface area contributed by atoms with Crippen LogP contribution >= 0.6 is 11.8 Å². The summed E-state index contributed by atoms with van der Waals surface area (Å²) in [6, 6.07) is 11.5. The summed E-state index contributed by atoms with van der Waals surface area (Å²) in [4.78, 5) is 27.8. The van der Waals surface area contributed by atoms with Gasteiger partial charge < -0.3 is 15.5 Å². The molecule has 0 aromatic heterocycles. The van der Waals surface area contributed by atoms with E-state index >= 15 is 0 Å². The summed E-state index contributed by atoms with van der Waals surface area (Å²) < 4.78 is 0. The summed E-state index contributed by atoms with van der Waals surface area (Å²) >= 11 is 1.63. The fourth-order valence-corrected chi connectivity index (χ4v) is 4.55. The Labute approximate surface area is 163 Å². The van der Waals surface area contributed by atoms with E-state index in [9.17, 15) is 9.59 Å². The minimum Gasteiger partial charge on any atom is -0.371 e. The molecule has 2 heterocycles. The van der Waals surface area contributed by atoms with Crippen LogP contribution in [0.15, 0.2) is 41.3 Å². The summed E-state index contributed by atoms with van der Waals surface area (Å²) in [5, 5.41) is 5.86. The molecule has 4 rings (SSSR count). The molecule has 0 atom stereocenters. The second kappa shape index (κ2) is 7.64. The van der Waals surface area contributed by atoms with Crippen LogP contribution in [0.25, 0.3) is 0 Å². The van der Waals surface area contributed by atoms with Gasteiger partial charge in [0.05, 0.1) is 5.69 Å². The molecule has 2 amide bonds. The highest BCUT2D eigenvalue weighted by Crippen LogP contribution is 2.32. The minimum absolute atomic E-state index is 0.00747. The van der Waals surface area contributed by atoms with Gasteiger partial charge in [0.1, 0.15) is 0 Å². The highest BCUT2D eigenvalue weighted by atomic mass is 32.2. The third-order valence-electron chi connectivity index (χ3n) is 5.00. The number of carbonyl (C=O) groups excluding carboxylic acids is 2. The smallest absolute Gasteiger partial charge is 0.255 e. The van der Waals surface area contributed by atoms with Crippen molar-refractivity contribution < 1.29 is 9.59 Å². The van der Waals surface area contributed by atoms with Crippen LogP contribution in [0.3, 0.4) is 0 Å². The molecule has 0 saturated carbocycles. The molecule has 2 aromatic rings. The Balaban J connectivity index is 1.50. The van der Waals surface area contributed by atoms with Crippen LogP contribution in [0.4, 0.5) is 17.1 Å². The van der Waals surface area contributed by atoms with E-state index in [1.165, 1.54) is 24.1 Å². The number of amides is 2. The molecule has 140 valence electrons. The molecule has 0 radical (unpaired) electrons. The zero-order valence-corrected chi connectivity index (χ0v) is 16.2. The largest absolute Gasteiger partial charge is 0.371 e. The van der Waals surface area contributed by atoms with Crippen LogP contribution in [-0.4, -0.2) is 30.7 Å². The lowest BCUT2D eigenvalue weighted by Gasteiger charge is -2.20. The first-order valence-electron chi connectivity index (χ1n) is 9.34. The van der Waals surface area contributed by atoms with Crippen LogP contribution in [0, 0.1) is 6.92 Å². The molecule has 0 unspecified atom stereocenters. The molecular formula is C21H23N3O2S. The number of rotatable bonds is 3. The Morgan fingerprint density at radius 1 is 1.15 bits per heavy atom. The molecular weight excluding hydrogens is 358 g/mol. The number of benzene rings is 2. The highest BCUT2D eigenvalue weighted by molar-refractivity contribution is 7.99. The first-order valence-corrected chi connectivity index (χ1v) is 10.3. The second-order valence-electron chi connectivity index (χ2n) is 7.01. The number of aryl methyl sites for hydroxylation is 1. The standard InChI is InChI=1S/C21H23N3O2S/c1-14-12-16(5-6-18(14)24-9-2-3-10-24)22-21(26)15-4-7-19-17(13-15)23-20(25)8-11-27-19/h4-7,12-13H,2-3,8-11H2,1H3,(H,22,26)(H,23,25). The van der Waals surface area contributed by atoms with E-state index in [4.69, 9.17) is 0 Å². The predicted octanol–water partition coefficient (Wildman–Crippen LogP) is 4.28. The Kier molecular flexibility index (Phi) is 5.07. The number of anilines is 3. The summed E-state index contributed by atoms with van der Waals surface area (Å²) in [6.45, 7) is 4.29. The Morgan fingerprint density at radius 2 is 1.96 bits per heavy atom. The third-order valence-corrected chi connectivity index (χ3v) is 6.08. The van der Waals surface area contributed by atoms with Crippen molar-refractivity contribution in [2.75, 3.05) is 34.4 Å². The molecule has 1 fully saturated rings. The van der Waals surface area contributed by atoms with E-state index in [0.29, 0.717) is 12.0 Å². The van der Waals surface area contributed by atoms with Crippen molar-refractivity contribution in [3.63, 3.8) is 0 Å². The van der Waals surface area contributed by atoms with Crippen molar-refractivity contribution in [2.24, 2.45) is 0 Å². The van der Waals surface area contributed by atoms with Crippen LogP contribution in [0.5, 0.6) is 0 Å². The van der Waals surface area contributed by atoms with Crippen molar-refractivity contribution in [3.8, 4) is 0 Å². The molecule has 27 heavy (non-hydrogen) atoms. The van der Waals surface area contributed by atoms with Crippen molar-refractivity contribution in [1.82, 2.24) is 0 Å². The quantitative estimate of drug-likeness (QED) is 0.833. The number of hydrogen-bond donors (Lipinski definition) is 2. The first-order chi connectivity index (χ1) is 13.1. The molecule has 0 bridgehead atoms. The molecule has 0 aliphatic carbocycles. The number of carbonyl (C=O) groups is 2. The van der Waals surface area contributed by atoms with Crippen LogP contribution in [-0.2, 0) is 4.79 Å². The average Bonchev–Trinajstić information content (AvgIpc) is 3.10. The average molecular weight is 382 g/mol. The van der Waals surface area contributed by atoms with Crippen LogP contribution in [0.2, 0.25) is 0 Å². The SMILES string of the molecule is Cc1cc(NC(=O)c2ccc3c(c2)NC(=O)CCS3)ccc1N1CCCC1. The van der Waals surface area contributed by atoms with Crippen molar-refractivity contribution in [2.45, 2.75) is 31.1 Å². The van der Waals surface area contributed by atoms with Gasteiger partial charge in [0, 0.05) is 47.1 Å². The molecule has 5 nitrogen and oxygen atoms in total. The summed E-state index contributed by atoms with van der Waals surface area (Å²) in [7, 11) is 0. The Bertz CT molecular complexity index is 891. The zero-order valence-electron chi connectivity index (χ0n) is 15.4. The number of nitrogens with one attached hydrogen (secondary N) is 2. The zero-order chi connectivity index (χ0) is 18.8. The molecule has 2 aliphatic rings. The molecule has 6 heteroatoms. The lowest BCUT2D eigenvalue weighted by molar-refractivity contribution is -0.115. The highest BCUT2D eigenvalue weighted by Gasteiger charge is 2.17. The van der Waals surface area contributed by atoms with Gasteiger partial charge >= 0.3 is 0 Å². The van der Waals surface area contributed by atoms with Gasteiger partial charge in [-0.25, -0.2) is 0 Å². The maximum Gasteiger partial charge on any atom is 0.255 e. The fourth-order valence-electron chi connectivity index (χ4n) is 3.61. The van der Waals surface area contributed by atoms with Gasteiger partial charge in [0.2, 0.25) is 5.91 Å². The van der Waals surface area contributed by atoms with Gasteiger partial charge in [0.15, 0.2) is 0 Å². The van der Waals surface area contributed by atoms with Gasteiger partial charge in [-0.15, -0.1) is 11.8 Å². The maximum atomic E-state index is 12.7. The van der Waals surface area contributed by atoms with Crippen LogP contribution in [0.1, 0.15) is 35.2 Å². The number of fused-ring (bicyclic) bond motifs is 1. The van der Waals surface area contributed by atoms with E-state index in [2.05, 4.69) is 28.5 Å². The second-order valence-corrected chi connectivity index (χ2v) is 8.14. The molecule has 2 aromatic carbocycles. The first kappa shape index (κ1) is 17.9. The van der Waals surface area contributed by atoms with Gasteiger partial charge in [-0.05, 0) is 61.7 Å². The maximum absolute atomic E-state index is 12.7. The Morgan fingerprint density at radius 3 is 2.74 bits per heavy atom. The number of thioether (sulfide) groups is 1. The minimum atomic E-state index is -0.172. The lowest BCUT2D eigenvalue weighted by atomic mass is 10.1. The number of nitrogens with zero attached hydrogens (tertiary/aromatic N) is 1. The van der Waals surface area contributed by atoms with E-state index < -0.39 is 0 Å². The van der Waals surface area contributed by atoms with Gasteiger partial charge in [-0.2, -0.15) is 0 Å². The molecule has 0 spiro atoms. The topological polar surface area (TPSA) is 61.4 Å². The molecule has 2 N–H and O–H groups in total. The van der Waals surface area contributed by atoms with E-state index in [-0.39, 0.29) is 11.8 Å². The van der Waals surface area contributed by atoms with Crippen molar-refractivity contribution in [3.05, 3.63) is 47.5 Å². The monoisotopic (exact) mass is 381 g/mol. The summed E-state index contributed by atoms with van der Waals surface area (Å²) in [6.07, 6.45) is 2.97.